The second-order valence-electron chi connectivity index (χ2n) is 10.5. The van der Waals surface area contributed by atoms with Crippen LogP contribution in [-0.2, 0) is 5.41 Å². The van der Waals surface area contributed by atoms with Gasteiger partial charge >= 0.3 is 0 Å². The van der Waals surface area contributed by atoms with Gasteiger partial charge in [0.15, 0.2) is 0 Å². The smallest absolute Gasteiger partial charge is 0.136 e. The molecule has 0 bridgehead atoms. The van der Waals surface area contributed by atoms with Gasteiger partial charge in [0, 0.05) is 16.2 Å². The van der Waals surface area contributed by atoms with Gasteiger partial charge in [-0.1, -0.05) is 135 Å². The Morgan fingerprint density at radius 3 is 1.69 bits per heavy atom. The predicted molar refractivity (Wildman–Crippen MR) is 177 cm³/mol. The second kappa shape index (κ2) is 8.44. The molecule has 0 aliphatic heterocycles. The minimum Gasteiger partial charge on any atom is -0.456 e. The van der Waals surface area contributed by atoms with E-state index in [1.165, 1.54) is 6.07 Å². The normalized spacial score (nSPS) is 20.7. The molecule has 1 aliphatic carbocycles. The van der Waals surface area contributed by atoms with Crippen molar-refractivity contribution < 1.29 is 33.2 Å². The van der Waals surface area contributed by atoms with E-state index in [1.54, 1.807) is 13.8 Å². The van der Waals surface area contributed by atoms with E-state index in [1.807, 2.05) is 0 Å². The lowest BCUT2D eigenvalue weighted by Crippen LogP contribution is -2.14. The maximum Gasteiger partial charge on any atom is 0.136 e. The van der Waals surface area contributed by atoms with Gasteiger partial charge in [-0.05, 0) is 78.1 Å². The van der Waals surface area contributed by atoms with Crippen molar-refractivity contribution in [1.29, 1.82) is 0 Å². The van der Waals surface area contributed by atoms with Gasteiger partial charge in [0.05, 0.1) is 28.8 Å². The highest BCUT2D eigenvalue weighted by molar-refractivity contribution is 6.26. The van der Waals surface area contributed by atoms with Gasteiger partial charge in [-0.15, -0.1) is 0 Å². The molecular formula is C41H28O. The first-order valence-electron chi connectivity index (χ1n) is 23.5. The average molecular weight is 558 g/mol. The van der Waals surface area contributed by atoms with Gasteiger partial charge in [0.25, 0.3) is 0 Å². The van der Waals surface area contributed by atoms with Gasteiger partial charge in [0.1, 0.15) is 11.2 Å². The van der Waals surface area contributed by atoms with Gasteiger partial charge in [0.2, 0.25) is 0 Å². The molecule has 0 unspecified atom stereocenters. The average Bonchev–Trinajstić information content (AvgIpc) is 3.75. The van der Waals surface area contributed by atoms with Crippen LogP contribution in [0.3, 0.4) is 0 Å². The Hall–Kier alpha value is -5.14. The second-order valence-corrected chi connectivity index (χ2v) is 10.5. The first-order valence-corrected chi connectivity index (χ1v) is 13.0. The summed E-state index contributed by atoms with van der Waals surface area (Å²) in [5, 5.41) is -2.92. The number of rotatable bonds is 2. The third kappa shape index (κ3) is 3.03. The molecule has 9 rings (SSSR count). The largest absolute Gasteiger partial charge is 0.456 e. The fraction of sp³-hybridized carbons (Fsp3) is 0.0732. The quantitative estimate of drug-likeness (QED) is 0.193. The van der Waals surface area contributed by atoms with Crippen LogP contribution in [0.2, 0.25) is 0 Å². The Kier molecular flexibility index (Phi) is 2.20. The third-order valence-electron chi connectivity index (χ3n) is 7.99. The summed E-state index contributed by atoms with van der Waals surface area (Å²) in [5.74, 6) is 0. The van der Waals surface area contributed by atoms with E-state index in [4.69, 9.17) is 25.0 Å². The number of hydrogen-bond donors (Lipinski definition) is 0. The number of fused-ring (bicyclic) bond motifs is 8. The molecule has 0 atom stereocenters. The van der Waals surface area contributed by atoms with E-state index >= 15 is 0 Å². The van der Waals surface area contributed by atoms with Crippen molar-refractivity contribution in [3.05, 3.63) is 144 Å². The zero-order valence-electron chi connectivity index (χ0n) is 43.0. The van der Waals surface area contributed by atoms with Crippen LogP contribution < -0.4 is 0 Å². The maximum absolute atomic E-state index is 9.54. The van der Waals surface area contributed by atoms with Crippen molar-refractivity contribution in [3.63, 3.8) is 0 Å². The van der Waals surface area contributed by atoms with E-state index in [-0.39, 0.29) is 33.9 Å². The SMILES string of the molecule is [2H]c1cc2c(c([2H])c1[2H])-c1c(-c3c4c([2H])c([2H])c([2H])c([2H])c4c(-c4c([2H])c([2H])c([2H])c5oc6c([2H])c([2H])c([2H])c([2H])c6c45)c4c([2H])c([2H])c([2H])c([2H])c34)c([2H])c([2H])c([2H])c1C2(C)C. The summed E-state index contributed by atoms with van der Waals surface area (Å²) in [7, 11) is 0. The third-order valence-corrected chi connectivity index (χ3v) is 7.99. The molecule has 1 aromatic heterocycles. The van der Waals surface area contributed by atoms with Gasteiger partial charge in [-0.3, -0.25) is 0 Å². The van der Waals surface area contributed by atoms with Crippen molar-refractivity contribution >= 4 is 43.5 Å². The molecule has 198 valence electrons. The predicted octanol–water partition coefficient (Wildman–Crippen LogP) is 11.5. The zero-order chi connectivity index (χ0) is 46.3. The molecule has 0 saturated carbocycles. The van der Waals surface area contributed by atoms with Crippen LogP contribution in [0, 0.1) is 0 Å². The van der Waals surface area contributed by atoms with Crippen LogP contribution in [0.15, 0.2) is 137 Å². The van der Waals surface area contributed by atoms with Crippen molar-refractivity contribution in [1.82, 2.24) is 0 Å². The highest BCUT2D eigenvalue weighted by Crippen LogP contribution is 2.54. The Morgan fingerprint density at radius 2 is 0.976 bits per heavy atom. The summed E-state index contributed by atoms with van der Waals surface area (Å²) in [6.07, 6.45) is 0. The summed E-state index contributed by atoms with van der Waals surface area (Å²) >= 11 is 0. The summed E-state index contributed by atoms with van der Waals surface area (Å²) < 4.78 is 195. The fourth-order valence-electron chi connectivity index (χ4n) is 6.16. The molecule has 7 aromatic carbocycles. The molecule has 0 spiro atoms. The molecule has 0 fully saturated rings. The van der Waals surface area contributed by atoms with E-state index in [0.29, 0.717) is 0 Å². The molecule has 1 nitrogen and oxygen atoms in total. The summed E-state index contributed by atoms with van der Waals surface area (Å²) in [6.45, 7) is 3.28. The molecule has 0 amide bonds. The first kappa shape index (κ1) is 10.9. The van der Waals surface area contributed by atoms with Crippen LogP contribution in [0.4, 0.5) is 0 Å². The molecule has 1 heterocycles. The van der Waals surface area contributed by atoms with Crippen LogP contribution in [-0.4, -0.2) is 0 Å². The van der Waals surface area contributed by atoms with Gasteiger partial charge < -0.3 is 4.42 Å². The Morgan fingerprint density at radius 1 is 0.452 bits per heavy atom. The lowest BCUT2D eigenvalue weighted by Gasteiger charge is -2.22. The molecular weight excluding hydrogens is 508 g/mol. The fourth-order valence-corrected chi connectivity index (χ4v) is 6.16. The van der Waals surface area contributed by atoms with E-state index in [9.17, 15) is 8.22 Å². The molecule has 1 aliphatic rings. The molecule has 0 radical (unpaired) electrons. The van der Waals surface area contributed by atoms with Gasteiger partial charge in [-0.25, -0.2) is 0 Å². The van der Waals surface area contributed by atoms with Crippen molar-refractivity contribution in [2.45, 2.75) is 19.3 Å². The summed E-state index contributed by atoms with van der Waals surface area (Å²) in [6, 6.07) is -14.1. The zero-order valence-corrected chi connectivity index (χ0v) is 22.0. The maximum atomic E-state index is 9.54. The molecule has 0 N–H and O–H groups in total. The Labute approximate surface area is 274 Å². The summed E-state index contributed by atoms with van der Waals surface area (Å²) in [5.41, 5.74) is -4.07. The number of para-hydroxylation sites is 1. The monoisotopic (exact) mass is 557 g/mol. The number of benzene rings is 7. The molecule has 42 heavy (non-hydrogen) atoms. The lowest BCUT2D eigenvalue weighted by molar-refractivity contribution is 0.660. The van der Waals surface area contributed by atoms with E-state index in [2.05, 4.69) is 0 Å². The molecule has 8 aromatic rings. The topological polar surface area (TPSA) is 13.1 Å². The molecule has 0 saturated heterocycles. The summed E-state index contributed by atoms with van der Waals surface area (Å²) in [4.78, 5) is 0. The highest BCUT2D eigenvalue weighted by atomic mass is 16.3. The van der Waals surface area contributed by atoms with E-state index in [0.717, 1.165) is 0 Å². The van der Waals surface area contributed by atoms with Crippen molar-refractivity contribution in [3.8, 4) is 33.4 Å². The number of hydrogen-bond acceptors (Lipinski definition) is 1. The molecule has 1 heteroatoms. The minimum absolute atomic E-state index is 0.0399. The van der Waals surface area contributed by atoms with Crippen LogP contribution in [0.1, 0.15) is 53.8 Å². The Balaban J connectivity index is 1.69. The Bertz CT molecular complexity index is 3470. The minimum atomic E-state index is -1.29. The van der Waals surface area contributed by atoms with Crippen molar-refractivity contribution in [2.75, 3.05) is 0 Å². The standard InChI is InChI=1S/C41H28O/c1-41(2)33-21-9-7-17-29(33)39-31(19-11-22-34(39)41)37-25-13-3-5-15-27(25)38(28-16-6-4-14-26(28)37)32-20-12-24-36-40(32)30-18-8-10-23-35(30)42-36/h3-24H,1-2H3/i3D,4D,5D,6D,7D,8D,9D,10D,11D,12D,13D,14D,15D,16D,17D,18D,19D,20D,22D,23D,24D. The van der Waals surface area contributed by atoms with Crippen LogP contribution >= 0.6 is 0 Å². The number of furan rings is 1. The van der Waals surface area contributed by atoms with Crippen LogP contribution in [0.5, 0.6) is 0 Å². The van der Waals surface area contributed by atoms with E-state index < -0.39 is 186 Å². The van der Waals surface area contributed by atoms with Gasteiger partial charge in [-0.2, -0.15) is 0 Å². The lowest BCUT2D eigenvalue weighted by atomic mass is 9.80. The van der Waals surface area contributed by atoms with Crippen LogP contribution in [0.25, 0.3) is 76.9 Å². The van der Waals surface area contributed by atoms with Crippen molar-refractivity contribution in [2.24, 2.45) is 0 Å². The first-order chi connectivity index (χ1) is 29.3. The highest BCUT2D eigenvalue weighted by Gasteiger charge is 2.37.